The van der Waals surface area contributed by atoms with E-state index in [1.807, 2.05) is 68.4 Å². The highest BCUT2D eigenvalue weighted by atomic mass is 16.5. The number of hydrogen-bond donors (Lipinski definition) is 1. The lowest BCUT2D eigenvalue weighted by molar-refractivity contribution is -0.116. The summed E-state index contributed by atoms with van der Waals surface area (Å²) in [6, 6.07) is 22.0. The average Bonchev–Trinajstić information content (AvgIpc) is 3.43. The van der Waals surface area contributed by atoms with E-state index in [4.69, 9.17) is 9.84 Å². The van der Waals surface area contributed by atoms with Gasteiger partial charge in [-0.3, -0.25) is 4.79 Å². The van der Waals surface area contributed by atoms with E-state index >= 15 is 0 Å². The number of fused-ring (bicyclic) bond motifs is 2. The number of nitrogens with zero attached hydrogens (tertiary/aromatic N) is 6. The summed E-state index contributed by atoms with van der Waals surface area (Å²) in [6.45, 7) is 4.41. The number of aromatic nitrogens is 6. The molecule has 0 fully saturated rings. The largest absolute Gasteiger partial charge is 0.493 e. The van der Waals surface area contributed by atoms with Crippen molar-refractivity contribution in [3.63, 3.8) is 0 Å². The molecule has 1 aliphatic heterocycles. The molecule has 36 heavy (non-hydrogen) atoms. The zero-order valence-electron chi connectivity index (χ0n) is 20.0. The highest BCUT2D eigenvalue weighted by Crippen LogP contribution is 2.40. The zero-order chi connectivity index (χ0) is 24.6. The van der Waals surface area contributed by atoms with Crippen molar-refractivity contribution in [3.8, 4) is 11.6 Å². The molecule has 0 spiro atoms. The van der Waals surface area contributed by atoms with Crippen LogP contribution in [-0.2, 0) is 11.2 Å². The van der Waals surface area contributed by atoms with Crippen LogP contribution in [0.2, 0.25) is 0 Å². The van der Waals surface area contributed by atoms with Crippen LogP contribution < -0.4 is 10.1 Å². The number of carbonyl (C=O) groups excluding carboxylic acids is 1. The van der Waals surface area contributed by atoms with Gasteiger partial charge < -0.3 is 10.1 Å². The Morgan fingerprint density at radius 3 is 2.58 bits per heavy atom. The number of aryl methyl sites for hydroxylation is 2. The van der Waals surface area contributed by atoms with Crippen LogP contribution >= 0.6 is 0 Å². The van der Waals surface area contributed by atoms with Crippen LogP contribution in [0.3, 0.4) is 0 Å². The maximum absolute atomic E-state index is 12.7. The van der Waals surface area contributed by atoms with E-state index in [1.165, 1.54) is 5.56 Å². The Morgan fingerprint density at radius 1 is 0.972 bits per heavy atom. The van der Waals surface area contributed by atoms with E-state index in [9.17, 15) is 4.79 Å². The van der Waals surface area contributed by atoms with Crippen molar-refractivity contribution in [1.29, 1.82) is 0 Å². The van der Waals surface area contributed by atoms with Crippen molar-refractivity contribution in [2.75, 3.05) is 11.9 Å². The van der Waals surface area contributed by atoms with Crippen molar-refractivity contribution in [3.05, 3.63) is 94.9 Å². The molecule has 3 aromatic heterocycles. The lowest BCUT2D eigenvalue weighted by Gasteiger charge is -2.24. The number of benzene rings is 2. The highest BCUT2D eigenvalue weighted by Gasteiger charge is 2.33. The number of carbonyl (C=O) groups is 1. The van der Waals surface area contributed by atoms with Crippen LogP contribution in [-0.4, -0.2) is 42.1 Å². The Kier molecular flexibility index (Phi) is 5.44. The summed E-state index contributed by atoms with van der Waals surface area (Å²) in [5.74, 6) is 2.55. The normalized spacial score (nSPS) is 15.1. The zero-order valence-corrected chi connectivity index (χ0v) is 20.0. The molecule has 9 heteroatoms. The molecular formula is C27H25N7O2. The monoisotopic (exact) mass is 479 g/mol. The molecule has 1 unspecified atom stereocenters. The van der Waals surface area contributed by atoms with Gasteiger partial charge in [0, 0.05) is 24.3 Å². The molecule has 0 aliphatic carbocycles. The fraction of sp³-hybridized carbons (Fsp3) is 0.222. The summed E-state index contributed by atoms with van der Waals surface area (Å²) in [4.78, 5) is 12.7. The van der Waals surface area contributed by atoms with E-state index in [-0.39, 0.29) is 11.8 Å². The second-order valence-corrected chi connectivity index (χ2v) is 8.93. The van der Waals surface area contributed by atoms with Crippen LogP contribution in [0, 0.1) is 13.8 Å². The van der Waals surface area contributed by atoms with Gasteiger partial charge in [-0.25, -0.2) is 0 Å². The van der Waals surface area contributed by atoms with Gasteiger partial charge in [0.25, 0.3) is 0 Å². The molecule has 4 heterocycles. The predicted octanol–water partition coefficient (Wildman–Crippen LogP) is 4.02. The maximum Gasteiger partial charge on any atom is 0.226 e. The topological polar surface area (TPSA) is 99.2 Å². The van der Waals surface area contributed by atoms with Crippen molar-refractivity contribution in [2.45, 2.75) is 32.6 Å². The predicted molar refractivity (Wildman–Crippen MR) is 135 cm³/mol. The number of ether oxygens (including phenoxy) is 1. The van der Waals surface area contributed by atoms with Gasteiger partial charge in [0.05, 0.1) is 12.3 Å². The van der Waals surface area contributed by atoms with E-state index in [0.717, 1.165) is 29.0 Å². The Bertz CT molecular complexity index is 1550. The summed E-state index contributed by atoms with van der Waals surface area (Å²) in [6.07, 6.45) is 1.20. The first-order chi connectivity index (χ1) is 17.6. The molecule has 6 rings (SSSR count). The van der Waals surface area contributed by atoms with Crippen molar-refractivity contribution in [1.82, 2.24) is 29.6 Å². The van der Waals surface area contributed by atoms with Crippen molar-refractivity contribution < 1.29 is 9.53 Å². The molecule has 9 nitrogen and oxygen atoms in total. The number of hydrogen-bond acceptors (Lipinski definition) is 6. The lowest BCUT2D eigenvalue weighted by atomic mass is 9.86. The Balaban J connectivity index is 1.27. The summed E-state index contributed by atoms with van der Waals surface area (Å²) in [5, 5.41) is 20.6. The highest BCUT2D eigenvalue weighted by molar-refractivity contribution is 5.95. The molecule has 0 radical (unpaired) electrons. The van der Waals surface area contributed by atoms with Gasteiger partial charge >= 0.3 is 0 Å². The van der Waals surface area contributed by atoms with E-state index in [1.54, 1.807) is 9.20 Å². The van der Waals surface area contributed by atoms with Gasteiger partial charge in [-0.2, -0.15) is 14.3 Å². The molecule has 180 valence electrons. The summed E-state index contributed by atoms with van der Waals surface area (Å²) in [7, 11) is 0. The second kappa shape index (κ2) is 8.92. The van der Waals surface area contributed by atoms with Crippen LogP contribution in [0.15, 0.2) is 66.7 Å². The Hall–Kier alpha value is -4.53. The van der Waals surface area contributed by atoms with Crippen LogP contribution in [0.1, 0.15) is 40.5 Å². The molecule has 0 saturated carbocycles. The third-order valence-electron chi connectivity index (χ3n) is 6.51. The molecule has 1 amide bonds. The fourth-order valence-corrected chi connectivity index (χ4v) is 4.72. The quantitative estimate of drug-likeness (QED) is 0.395. The third kappa shape index (κ3) is 3.98. The van der Waals surface area contributed by atoms with E-state index in [2.05, 4.69) is 32.7 Å². The van der Waals surface area contributed by atoms with Crippen molar-refractivity contribution >= 4 is 17.4 Å². The minimum absolute atomic E-state index is 0.0570. The molecule has 2 aromatic carbocycles. The van der Waals surface area contributed by atoms with Gasteiger partial charge in [0.1, 0.15) is 11.6 Å². The van der Waals surface area contributed by atoms with Gasteiger partial charge in [0.2, 0.25) is 5.91 Å². The molecular weight excluding hydrogens is 454 g/mol. The smallest absolute Gasteiger partial charge is 0.226 e. The number of nitrogens with one attached hydrogen (secondary N) is 1. The molecule has 1 atom stereocenters. The van der Waals surface area contributed by atoms with Crippen LogP contribution in [0.25, 0.3) is 11.5 Å². The Labute approximate surface area is 207 Å². The molecule has 5 aromatic rings. The standard InChI is InChI=1S/C27H25N7O2/c1-17-26-22(20-8-10-21(11-9-20)36-15-14-19-6-4-3-5-7-19)16-25(35)28-27(26)34(31-17)24-13-12-23-30-29-18(2)33(23)32-24/h3-13,22H,14-16H2,1-2H3,(H,28,35). The number of anilines is 1. The van der Waals surface area contributed by atoms with Gasteiger partial charge in [-0.05, 0) is 49.2 Å². The molecule has 1 aliphatic rings. The number of rotatable bonds is 6. The van der Waals surface area contributed by atoms with Gasteiger partial charge in [-0.1, -0.05) is 42.5 Å². The SMILES string of the molecule is Cc1nn(-c2ccc3nnc(C)n3n2)c2c1C(c1ccc(OCCc3ccccc3)cc1)CC(=O)N2. The first-order valence-corrected chi connectivity index (χ1v) is 11.9. The summed E-state index contributed by atoms with van der Waals surface area (Å²) >= 11 is 0. The summed E-state index contributed by atoms with van der Waals surface area (Å²) < 4.78 is 9.30. The van der Waals surface area contributed by atoms with E-state index in [0.29, 0.717) is 36.1 Å². The molecule has 0 saturated heterocycles. The van der Waals surface area contributed by atoms with Crippen LogP contribution in [0.4, 0.5) is 5.82 Å². The molecule has 1 N–H and O–H groups in total. The maximum atomic E-state index is 12.7. The minimum Gasteiger partial charge on any atom is -0.493 e. The first kappa shape index (κ1) is 22.0. The third-order valence-corrected chi connectivity index (χ3v) is 6.51. The van der Waals surface area contributed by atoms with Gasteiger partial charge in [0.15, 0.2) is 17.3 Å². The lowest BCUT2D eigenvalue weighted by Crippen LogP contribution is -2.25. The molecule has 0 bridgehead atoms. The number of amides is 1. The minimum atomic E-state index is -0.110. The van der Waals surface area contributed by atoms with E-state index < -0.39 is 0 Å². The van der Waals surface area contributed by atoms with Crippen LogP contribution in [0.5, 0.6) is 5.75 Å². The van der Waals surface area contributed by atoms with Gasteiger partial charge in [-0.15, -0.1) is 15.3 Å². The Morgan fingerprint density at radius 2 is 1.78 bits per heavy atom. The average molecular weight is 480 g/mol. The second-order valence-electron chi connectivity index (χ2n) is 8.93. The fourth-order valence-electron chi connectivity index (χ4n) is 4.72. The summed E-state index contributed by atoms with van der Waals surface area (Å²) in [5.41, 5.74) is 4.79. The van der Waals surface area contributed by atoms with Crippen molar-refractivity contribution in [2.24, 2.45) is 0 Å². The first-order valence-electron chi connectivity index (χ1n) is 11.9.